The zero-order chi connectivity index (χ0) is 6.58. The van der Waals surface area contributed by atoms with Crippen molar-refractivity contribution in [3.05, 3.63) is 0 Å². The molecular weight excluding hydrogens is 105 g/mol. The van der Waals surface area contributed by atoms with E-state index >= 15 is 0 Å². The van der Waals surface area contributed by atoms with Crippen molar-refractivity contribution in [3.8, 4) is 0 Å². The van der Waals surface area contributed by atoms with Crippen LogP contribution in [-0.4, -0.2) is 16.2 Å². The van der Waals surface area contributed by atoms with Gasteiger partial charge in [-0.3, -0.25) is 0 Å². The molecule has 1 nitrogen and oxygen atoms in total. The van der Waals surface area contributed by atoms with Gasteiger partial charge in [0, 0.05) is 0 Å². The molecule has 1 aliphatic rings. The lowest BCUT2D eigenvalue weighted by Gasteiger charge is -1.97. The summed E-state index contributed by atoms with van der Waals surface area (Å²) in [5.41, 5.74) is -0.458. The van der Waals surface area contributed by atoms with Gasteiger partial charge in [0.1, 0.15) is 0 Å². The maximum atomic E-state index is 12.5. The van der Waals surface area contributed by atoms with Crippen molar-refractivity contribution in [3.63, 3.8) is 0 Å². The molecule has 0 unspecified atom stereocenters. The van der Waals surface area contributed by atoms with E-state index in [0.717, 1.165) is 5.12 Å². The molecule has 1 aliphatic heterocycles. The first-order chi connectivity index (χ1) is 3.40. The SMILES string of the molecule is CC1(C)N(F)C1(C)C. The third kappa shape index (κ3) is 0.395. The first-order valence-corrected chi connectivity index (χ1v) is 2.87. The average molecular weight is 117 g/mol. The normalized spacial score (nSPS) is 32.6. The third-order valence-corrected chi connectivity index (χ3v) is 2.43. The summed E-state index contributed by atoms with van der Waals surface area (Å²) in [7, 11) is 0. The van der Waals surface area contributed by atoms with Crippen LogP contribution in [0.25, 0.3) is 0 Å². The van der Waals surface area contributed by atoms with Crippen molar-refractivity contribution >= 4 is 0 Å². The molecule has 0 saturated carbocycles. The summed E-state index contributed by atoms with van der Waals surface area (Å²) < 4.78 is 12.5. The Bertz CT molecular complexity index is 104. The van der Waals surface area contributed by atoms with Crippen LogP contribution in [0, 0.1) is 0 Å². The molecule has 1 rings (SSSR count). The third-order valence-electron chi connectivity index (χ3n) is 2.43. The molecular formula is C6H12FN. The van der Waals surface area contributed by atoms with Crippen molar-refractivity contribution in [1.82, 2.24) is 5.12 Å². The van der Waals surface area contributed by atoms with E-state index in [1.807, 2.05) is 27.7 Å². The fourth-order valence-corrected chi connectivity index (χ4v) is 0.859. The van der Waals surface area contributed by atoms with Gasteiger partial charge in [0.05, 0.1) is 11.1 Å². The van der Waals surface area contributed by atoms with Gasteiger partial charge in [-0.15, -0.1) is 9.60 Å². The highest BCUT2D eigenvalue weighted by molar-refractivity contribution is 5.15. The Kier molecular flexibility index (Phi) is 0.811. The smallest absolute Gasteiger partial charge is 0.0667 e. The number of halogens is 1. The van der Waals surface area contributed by atoms with Gasteiger partial charge in [0.15, 0.2) is 0 Å². The van der Waals surface area contributed by atoms with E-state index < -0.39 is 0 Å². The topological polar surface area (TPSA) is 3.01 Å². The van der Waals surface area contributed by atoms with Crippen LogP contribution in [0.15, 0.2) is 0 Å². The fraction of sp³-hybridized carbons (Fsp3) is 1.00. The molecule has 0 N–H and O–H groups in total. The molecule has 0 radical (unpaired) electrons. The fourth-order valence-electron chi connectivity index (χ4n) is 0.859. The van der Waals surface area contributed by atoms with Gasteiger partial charge in [-0.05, 0) is 27.7 Å². The lowest BCUT2D eigenvalue weighted by molar-refractivity contribution is 0.114. The molecule has 0 spiro atoms. The van der Waals surface area contributed by atoms with Gasteiger partial charge in [-0.1, -0.05) is 0 Å². The minimum Gasteiger partial charge on any atom is -0.133 e. The zero-order valence-corrected chi connectivity index (χ0v) is 5.83. The molecule has 1 fully saturated rings. The average Bonchev–Trinajstić information content (AvgIpc) is 1.88. The van der Waals surface area contributed by atoms with E-state index in [9.17, 15) is 4.48 Å². The van der Waals surface area contributed by atoms with Crippen molar-refractivity contribution < 1.29 is 4.48 Å². The second-order valence-corrected chi connectivity index (χ2v) is 3.40. The van der Waals surface area contributed by atoms with Crippen molar-refractivity contribution in [2.45, 2.75) is 38.8 Å². The summed E-state index contributed by atoms with van der Waals surface area (Å²) in [6.07, 6.45) is 0. The highest BCUT2D eigenvalue weighted by Crippen LogP contribution is 2.50. The summed E-state index contributed by atoms with van der Waals surface area (Å²) in [6.45, 7) is 7.58. The number of rotatable bonds is 0. The zero-order valence-electron chi connectivity index (χ0n) is 5.83. The minimum absolute atomic E-state index is 0.229. The lowest BCUT2D eigenvalue weighted by atomic mass is 10.0. The Hall–Kier alpha value is -0.110. The summed E-state index contributed by atoms with van der Waals surface area (Å²) in [5.74, 6) is 0. The van der Waals surface area contributed by atoms with E-state index in [2.05, 4.69) is 0 Å². The molecule has 1 heterocycles. The molecule has 0 aromatic carbocycles. The van der Waals surface area contributed by atoms with E-state index in [4.69, 9.17) is 0 Å². The molecule has 0 aromatic heterocycles. The van der Waals surface area contributed by atoms with Gasteiger partial charge in [-0.2, -0.15) is 0 Å². The molecule has 48 valence electrons. The Morgan fingerprint density at radius 3 is 1.12 bits per heavy atom. The maximum Gasteiger partial charge on any atom is 0.0667 e. The van der Waals surface area contributed by atoms with E-state index in [-0.39, 0.29) is 11.1 Å². The predicted octanol–water partition coefficient (Wildman–Crippen LogP) is 1.74. The molecule has 1 saturated heterocycles. The second-order valence-electron chi connectivity index (χ2n) is 3.40. The Labute approximate surface area is 49.4 Å². The lowest BCUT2D eigenvalue weighted by Crippen LogP contribution is -2.10. The highest BCUT2D eigenvalue weighted by Gasteiger charge is 2.64. The highest BCUT2D eigenvalue weighted by atomic mass is 19.2. The largest absolute Gasteiger partial charge is 0.133 e. The van der Waals surface area contributed by atoms with Crippen LogP contribution in [0.3, 0.4) is 0 Å². The van der Waals surface area contributed by atoms with Crippen LogP contribution in [0.1, 0.15) is 27.7 Å². The molecule has 0 amide bonds. The molecule has 0 aliphatic carbocycles. The first kappa shape index (κ1) is 6.02. The van der Waals surface area contributed by atoms with Crippen molar-refractivity contribution in [2.24, 2.45) is 0 Å². The molecule has 2 heteroatoms. The van der Waals surface area contributed by atoms with Crippen LogP contribution in [0.4, 0.5) is 4.48 Å². The second kappa shape index (κ2) is 1.08. The van der Waals surface area contributed by atoms with Gasteiger partial charge in [-0.25, -0.2) is 0 Å². The monoisotopic (exact) mass is 117 g/mol. The summed E-state index contributed by atoms with van der Waals surface area (Å²) >= 11 is 0. The molecule has 8 heavy (non-hydrogen) atoms. The Morgan fingerprint density at radius 2 is 1.12 bits per heavy atom. The summed E-state index contributed by atoms with van der Waals surface area (Å²) in [5, 5.41) is 0.875. The van der Waals surface area contributed by atoms with Crippen LogP contribution in [-0.2, 0) is 0 Å². The van der Waals surface area contributed by atoms with Gasteiger partial charge in [0.25, 0.3) is 0 Å². The van der Waals surface area contributed by atoms with E-state index in [1.54, 1.807) is 0 Å². The summed E-state index contributed by atoms with van der Waals surface area (Å²) in [4.78, 5) is 0. The van der Waals surface area contributed by atoms with Gasteiger partial charge < -0.3 is 0 Å². The van der Waals surface area contributed by atoms with E-state index in [1.165, 1.54) is 0 Å². The Morgan fingerprint density at radius 1 is 1.00 bits per heavy atom. The number of hydrogen-bond acceptors (Lipinski definition) is 1. The van der Waals surface area contributed by atoms with Crippen LogP contribution in [0.5, 0.6) is 0 Å². The summed E-state index contributed by atoms with van der Waals surface area (Å²) in [6, 6.07) is 0. The molecule has 0 aromatic rings. The first-order valence-electron chi connectivity index (χ1n) is 2.87. The minimum atomic E-state index is -0.229. The van der Waals surface area contributed by atoms with E-state index in [0.29, 0.717) is 0 Å². The van der Waals surface area contributed by atoms with Gasteiger partial charge >= 0.3 is 0 Å². The standard InChI is InChI=1S/C6H12FN/c1-5(2)6(3,4)8(5)7/h1-4H3. The van der Waals surface area contributed by atoms with Crippen LogP contribution in [0.2, 0.25) is 0 Å². The van der Waals surface area contributed by atoms with Crippen LogP contribution >= 0.6 is 0 Å². The quantitative estimate of drug-likeness (QED) is 0.345. The number of hydrogen-bond donors (Lipinski definition) is 0. The van der Waals surface area contributed by atoms with Crippen molar-refractivity contribution in [1.29, 1.82) is 0 Å². The maximum absolute atomic E-state index is 12.5. The van der Waals surface area contributed by atoms with Crippen LogP contribution < -0.4 is 0 Å². The molecule has 0 atom stereocenters. The Balaban J connectivity index is 2.72. The number of nitrogens with zero attached hydrogens (tertiary/aromatic N) is 1. The van der Waals surface area contributed by atoms with Gasteiger partial charge in [0.2, 0.25) is 0 Å². The molecule has 0 bridgehead atoms. The predicted molar refractivity (Wildman–Crippen MR) is 31.1 cm³/mol. The van der Waals surface area contributed by atoms with Crippen molar-refractivity contribution in [2.75, 3.05) is 0 Å².